The van der Waals surface area contributed by atoms with E-state index >= 15 is 0 Å². The maximum Gasteiger partial charge on any atom is 0.187 e. The Balaban J connectivity index is 1.45. The molecule has 0 unspecified atom stereocenters. The van der Waals surface area contributed by atoms with Crippen molar-refractivity contribution in [1.29, 1.82) is 0 Å². The van der Waals surface area contributed by atoms with Gasteiger partial charge in [0.25, 0.3) is 0 Å². The lowest BCUT2D eigenvalue weighted by Crippen LogP contribution is -2.48. The predicted octanol–water partition coefficient (Wildman–Crippen LogP) is 4.05. The molecule has 0 amide bonds. The molecule has 4 heteroatoms. The molecule has 0 atom stereocenters. The third-order valence-corrected chi connectivity index (χ3v) is 6.58. The van der Waals surface area contributed by atoms with Crippen molar-refractivity contribution in [3.63, 3.8) is 0 Å². The van der Waals surface area contributed by atoms with Crippen LogP contribution in [0.5, 0.6) is 0 Å². The van der Waals surface area contributed by atoms with Gasteiger partial charge < -0.3 is 4.74 Å². The lowest BCUT2D eigenvalue weighted by Gasteiger charge is -2.45. The molecule has 0 bridgehead atoms. The van der Waals surface area contributed by atoms with Crippen molar-refractivity contribution in [3.8, 4) is 0 Å². The number of likely N-dealkylation sites (tertiary alicyclic amines) is 1. The van der Waals surface area contributed by atoms with Crippen molar-refractivity contribution in [3.05, 3.63) is 53.9 Å². The Labute approximate surface area is 162 Å². The van der Waals surface area contributed by atoms with Gasteiger partial charge in [-0.25, -0.2) is 0 Å². The smallest absolute Gasteiger partial charge is 0.187 e. The van der Waals surface area contributed by atoms with E-state index in [4.69, 9.17) is 4.74 Å². The fourth-order valence-corrected chi connectivity index (χ4v) is 5.00. The Morgan fingerprint density at radius 2 is 2.00 bits per heavy atom. The molecule has 1 aromatic heterocycles. The summed E-state index contributed by atoms with van der Waals surface area (Å²) in [7, 11) is 0. The second-order valence-electron chi connectivity index (χ2n) is 8.12. The highest BCUT2D eigenvalue weighted by Gasteiger charge is 2.47. The number of piperidine rings is 1. The van der Waals surface area contributed by atoms with Gasteiger partial charge in [-0.3, -0.25) is 14.7 Å². The monoisotopic (exact) mass is 366 g/mol. The van der Waals surface area contributed by atoms with E-state index in [1.807, 2.05) is 18.2 Å². The normalized spacial score (nSPS) is 23.8. The van der Waals surface area contributed by atoms with Gasteiger partial charge in [-0.1, -0.05) is 24.3 Å². The average molecular weight is 367 g/mol. The van der Waals surface area contributed by atoms with Gasteiger partial charge in [-0.15, -0.1) is 0 Å². The Morgan fingerprint density at radius 3 is 2.67 bits per heavy atom. The maximum absolute atomic E-state index is 13.5. The Hall–Kier alpha value is -1.78. The molecule has 1 aromatic rings. The molecule has 2 fully saturated rings. The van der Waals surface area contributed by atoms with Crippen LogP contribution in [0.4, 0.5) is 0 Å². The summed E-state index contributed by atoms with van der Waals surface area (Å²) in [6, 6.07) is 5.66. The topological polar surface area (TPSA) is 42.4 Å². The summed E-state index contributed by atoms with van der Waals surface area (Å²) in [5.41, 5.74) is 1.78. The molecule has 3 heterocycles. The van der Waals surface area contributed by atoms with E-state index in [9.17, 15) is 4.79 Å². The SMILES string of the molecule is O=C(c1ccccn1)C1(C2CCN(CC3=CCCC=C3)CC2)CCOCC1. The number of pyridine rings is 1. The first-order chi connectivity index (χ1) is 13.3. The van der Waals surface area contributed by atoms with Crippen LogP contribution in [-0.4, -0.2) is 48.5 Å². The van der Waals surface area contributed by atoms with Gasteiger partial charge >= 0.3 is 0 Å². The first kappa shape index (κ1) is 18.6. The molecular formula is C23H30N2O2. The van der Waals surface area contributed by atoms with Crippen LogP contribution in [-0.2, 0) is 4.74 Å². The zero-order valence-corrected chi connectivity index (χ0v) is 16.1. The van der Waals surface area contributed by atoms with Gasteiger partial charge in [0.05, 0.1) is 0 Å². The molecule has 1 aliphatic carbocycles. The van der Waals surface area contributed by atoms with Crippen LogP contribution in [0, 0.1) is 11.3 Å². The molecule has 0 N–H and O–H groups in total. The number of ketones is 1. The number of carbonyl (C=O) groups excluding carboxylic acids is 1. The highest BCUT2D eigenvalue weighted by molar-refractivity contribution is 5.99. The van der Waals surface area contributed by atoms with Crippen LogP contribution >= 0.6 is 0 Å². The number of aromatic nitrogens is 1. The molecule has 2 aliphatic heterocycles. The number of rotatable bonds is 5. The zero-order chi connectivity index (χ0) is 18.5. The first-order valence-electron chi connectivity index (χ1n) is 10.4. The van der Waals surface area contributed by atoms with Crippen molar-refractivity contribution >= 4 is 5.78 Å². The van der Waals surface area contributed by atoms with Crippen LogP contribution in [0.15, 0.2) is 48.2 Å². The average Bonchev–Trinajstić information content (AvgIpc) is 2.75. The summed E-state index contributed by atoms with van der Waals surface area (Å²) in [6.45, 7) is 4.59. The molecule has 4 nitrogen and oxygen atoms in total. The number of allylic oxidation sites excluding steroid dienone is 2. The second kappa shape index (κ2) is 8.49. The number of hydrogen-bond acceptors (Lipinski definition) is 4. The van der Waals surface area contributed by atoms with Crippen molar-refractivity contribution < 1.29 is 9.53 Å². The minimum atomic E-state index is -0.289. The third kappa shape index (κ3) is 4.07. The summed E-state index contributed by atoms with van der Waals surface area (Å²) in [5.74, 6) is 0.672. The van der Waals surface area contributed by atoms with Gasteiger partial charge in [0.2, 0.25) is 0 Å². The summed E-state index contributed by atoms with van der Waals surface area (Å²) in [4.78, 5) is 20.4. The predicted molar refractivity (Wildman–Crippen MR) is 107 cm³/mol. The summed E-state index contributed by atoms with van der Waals surface area (Å²) in [6.07, 6.45) is 14.9. The second-order valence-corrected chi connectivity index (χ2v) is 8.12. The highest BCUT2D eigenvalue weighted by atomic mass is 16.5. The van der Waals surface area contributed by atoms with Crippen molar-refractivity contribution in [2.75, 3.05) is 32.8 Å². The molecule has 0 aromatic carbocycles. The molecule has 144 valence electrons. The molecular weight excluding hydrogens is 336 g/mol. The van der Waals surface area contributed by atoms with Gasteiger partial charge in [0.1, 0.15) is 5.69 Å². The van der Waals surface area contributed by atoms with Crippen LogP contribution < -0.4 is 0 Å². The summed E-state index contributed by atoms with van der Waals surface area (Å²) in [5, 5.41) is 0. The van der Waals surface area contributed by atoms with Crippen molar-refractivity contribution in [2.24, 2.45) is 11.3 Å². The molecule has 3 aliphatic rings. The van der Waals surface area contributed by atoms with E-state index in [0.29, 0.717) is 24.8 Å². The molecule has 0 saturated carbocycles. The van der Waals surface area contributed by atoms with Gasteiger partial charge in [0.15, 0.2) is 5.78 Å². The van der Waals surface area contributed by atoms with Gasteiger partial charge in [-0.05, 0) is 75.2 Å². The largest absolute Gasteiger partial charge is 0.381 e. The van der Waals surface area contributed by atoms with Gasteiger partial charge in [0, 0.05) is 31.4 Å². The molecule has 0 radical (unpaired) electrons. The van der Waals surface area contributed by atoms with Crippen LogP contribution in [0.3, 0.4) is 0 Å². The lowest BCUT2D eigenvalue weighted by atomic mass is 9.63. The van der Waals surface area contributed by atoms with Crippen molar-refractivity contribution in [2.45, 2.75) is 38.5 Å². The maximum atomic E-state index is 13.5. The number of Topliss-reactive ketones (excluding diaryl/α,β-unsaturated/α-hetero) is 1. The van der Waals surface area contributed by atoms with E-state index < -0.39 is 0 Å². The van der Waals surface area contributed by atoms with Gasteiger partial charge in [-0.2, -0.15) is 0 Å². The molecule has 0 spiro atoms. The number of nitrogens with zero attached hydrogens (tertiary/aromatic N) is 2. The van der Waals surface area contributed by atoms with E-state index in [1.165, 1.54) is 18.4 Å². The van der Waals surface area contributed by atoms with E-state index in [2.05, 4.69) is 28.1 Å². The lowest BCUT2D eigenvalue weighted by molar-refractivity contribution is -0.0217. The fraction of sp³-hybridized carbons (Fsp3) is 0.565. The van der Waals surface area contributed by atoms with Crippen LogP contribution in [0.25, 0.3) is 0 Å². The molecule has 4 rings (SSSR count). The quantitative estimate of drug-likeness (QED) is 0.738. The molecule has 2 saturated heterocycles. The van der Waals surface area contributed by atoms with E-state index in [-0.39, 0.29) is 11.2 Å². The van der Waals surface area contributed by atoms with E-state index in [0.717, 1.165) is 45.3 Å². The Morgan fingerprint density at radius 1 is 1.19 bits per heavy atom. The summed E-state index contributed by atoms with van der Waals surface area (Å²) < 4.78 is 5.63. The third-order valence-electron chi connectivity index (χ3n) is 6.58. The minimum Gasteiger partial charge on any atom is -0.381 e. The minimum absolute atomic E-state index is 0.239. The zero-order valence-electron chi connectivity index (χ0n) is 16.1. The first-order valence-corrected chi connectivity index (χ1v) is 10.4. The number of carbonyl (C=O) groups is 1. The number of ether oxygens (including phenoxy) is 1. The van der Waals surface area contributed by atoms with Crippen molar-refractivity contribution in [1.82, 2.24) is 9.88 Å². The summed E-state index contributed by atoms with van der Waals surface area (Å²) >= 11 is 0. The Kier molecular flexibility index (Phi) is 5.84. The molecule has 27 heavy (non-hydrogen) atoms. The van der Waals surface area contributed by atoms with Crippen LogP contribution in [0.2, 0.25) is 0 Å². The van der Waals surface area contributed by atoms with E-state index in [1.54, 1.807) is 6.20 Å². The highest BCUT2D eigenvalue weighted by Crippen LogP contribution is 2.45. The fourth-order valence-electron chi connectivity index (χ4n) is 5.00. The Bertz CT molecular complexity index is 696. The van der Waals surface area contributed by atoms with Crippen LogP contribution in [0.1, 0.15) is 49.0 Å². The number of hydrogen-bond donors (Lipinski definition) is 0. The standard InChI is InChI=1S/C23H30N2O2/c26-22(21-8-4-5-13-24-21)23(11-16-27-17-12-23)20-9-14-25(15-10-20)18-19-6-2-1-3-7-19/h2,4-8,13,20H,1,3,9-12,14-18H2.